The summed E-state index contributed by atoms with van der Waals surface area (Å²) in [6.07, 6.45) is 3.63. The molecule has 0 aliphatic rings. The maximum atomic E-state index is 12.8. The molecule has 1 amide bonds. The van der Waals surface area contributed by atoms with Gasteiger partial charge in [-0.25, -0.2) is 0 Å². The normalized spacial score (nSPS) is 10.6. The Morgan fingerprint density at radius 3 is 2.62 bits per heavy atom. The van der Waals surface area contributed by atoms with E-state index in [1.807, 2.05) is 74.7 Å². The Hall–Kier alpha value is -2.88. The van der Waals surface area contributed by atoms with Crippen LogP contribution in [0.15, 0.2) is 60.9 Å². The molecule has 0 spiro atoms. The summed E-state index contributed by atoms with van der Waals surface area (Å²) in [6, 6.07) is 15.8. The third kappa shape index (κ3) is 3.23. The van der Waals surface area contributed by atoms with Crippen LogP contribution in [0.2, 0.25) is 0 Å². The molecular weight excluding hydrogens is 298 g/mol. The lowest BCUT2D eigenvalue weighted by Gasteiger charge is -2.20. The summed E-state index contributed by atoms with van der Waals surface area (Å²) in [6.45, 7) is 0.562. The lowest BCUT2D eigenvalue weighted by Crippen LogP contribution is -2.26. The minimum absolute atomic E-state index is 0.0183. The highest BCUT2D eigenvalue weighted by Crippen LogP contribution is 2.20. The number of carbonyl (C=O) groups excluding carboxylic acids is 1. The highest BCUT2D eigenvalue weighted by atomic mass is 16.2. The zero-order valence-electron chi connectivity index (χ0n) is 14.2. The molecule has 3 aromatic rings. The van der Waals surface area contributed by atoms with Gasteiger partial charge in [0.15, 0.2) is 0 Å². The molecule has 3 rings (SSSR count). The van der Waals surface area contributed by atoms with Crippen LogP contribution < -0.4 is 4.90 Å². The van der Waals surface area contributed by atoms with Crippen LogP contribution in [0, 0.1) is 0 Å². The van der Waals surface area contributed by atoms with Crippen molar-refractivity contribution in [2.45, 2.75) is 6.54 Å². The summed E-state index contributed by atoms with van der Waals surface area (Å²) in [4.78, 5) is 20.7. The average Bonchev–Trinajstić information content (AvgIpc) is 2.61. The number of rotatable bonds is 4. The first-order valence-corrected chi connectivity index (χ1v) is 7.91. The first-order valence-electron chi connectivity index (χ1n) is 7.91. The molecule has 1 heterocycles. The van der Waals surface area contributed by atoms with E-state index in [2.05, 4.69) is 11.1 Å². The largest absolute Gasteiger partial charge is 0.378 e. The molecule has 4 heteroatoms. The quantitative estimate of drug-likeness (QED) is 0.737. The van der Waals surface area contributed by atoms with Crippen LogP contribution in [-0.4, -0.2) is 36.9 Å². The molecule has 122 valence electrons. The summed E-state index contributed by atoms with van der Waals surface area (Å²) < 4.78 is 0. The molecule has 0 bridgehead atoms. The topological polar surface area (TPSA) is 36.4 Å². The second kappa shape index (κ2) is 6.71. The summed E-state index contributed by atoms with van der Waals surface area (Å²) >= 11 is 0. The standard InChI is InChI=1S/C20H21N3O/c1-22(2)18-9-5-6-15(12-18)20(24)23(3)14-17-8-4-7-16-13-21-11-10-19(16)17/h4-13H,14H2,1-3H3. The Balaban J connectivity index is 1.85. The number of benzene rings is 2. The lowest BCUT2D eigenvalue weighted by atomic mass is 10.1. The summed E-state index contributed by atoms with van der Waals surface area (Å²) in [5.41, 5.74) is 2.84. The number of hydrogen-bond acceptors (Lipinski definition) is 3. The van der Waals surface area contributed by atoms with Crippen molar-refractivity contribution in [1.29, 1.82) is 0 Å². The van der Waals surface area contributed by atoms with E-state index < -0.39 is 0 Å². The zero-order valence-corrected chi connectivity index (χ0v) is 14.2. The second-order valence-electron chi connectivity index (χ2n) is 6.12. The van der Waals surface area contributed by atoms with E-state index in [9.17, 15) is 4.79 Å². The van der Waals surface area contributed by atoms with E-state index >= 15 is 0 Å². The molecule has 0 fully saturated rings. The maximum absolute atomic E-state index is 12.8. The number of nitrogens with zero attached hydrogens (tertiary/aromatic N) is 3. The predicted molar refractivity (Wildman–Crippen MR) is 98.3 cm³/mol. The van der Waals surface area contributed by atoms with E-state index in [0.29, 0.717) is 12.1 Å². The minimum atomic E-state index is 0.0183. The van der Waals surface area contributed by atoms with Gasteiger partial charge in [-0.15, -0.1) is 0 Å². The van der Waals surface area contributed by atoms with Crippen molar-refractivity contribution in [3.05, 3.63) is 72.1 Å². The Bertz CT molecular complexity index is 868. The molecule has 0 saturated heterocycles. The summed E-state index contributed by atoms with van der Waals surface area (Å²) in [5.74, 6) is 0.0183. The van der Waals surface area contributed by atoms with E-state index in [0.717, 1.165) is 22.0 Å². The molecular formula is C20H21N3O. The van der Waals surface area contributed by atoms with Gasteiger partial charge in [0.1, 0.15) is 0 Å². The van der Waals surface area contributed by atoms with Crippen LogP contribution in [0.5, 0.6) is 0 Å². The Kier molecular flexibility index (Phi) is 4.47. The van der Waals surface area contributed by atoms with E-state index in [1.165, 1.54) is 0 Å². The second-order valence-corrected chi connectivity index (χ2v) is 6.12. The molecule has 0 atom stereocenters. The number of fused-ring (bicyclic) bond motifs is 1. The smallest absolute Gasteiger partial charge is 0.253 e. The molecule has 1 aromatic heterocycles. The van der Waals surface area contributed by atoms with Gasteiger partial charge in [-0.2, -0.15) is 0 Å². The van der Waals surface area contributed by atoms with Crippen LogP contribution in [0.25, 0.3) is 10.8 Å². The Labute approximate surface area is 142 Å². The van der Waals surface area contributed by atoms with Crippen molar-refractivity contribution in [3.63, 3.8) is 0 Å². The van der Waals surface area contributed by atoms with Crippen LogP contribution in [-0.2, 0) is 6.54 Å². The monoisotopic (exact) mass is 319 g/mol. The molecule has 2 aromatic carbocycles. The maximum Gasteiger partial charge on any atom is 0.253 e. The van der Waals surface area contributed by atoms with Gasteiger partial charge < -0.3 is 9.80 Å². The van der Waals surface area contributed by atoms with Crippen molar-refractivity contribution in [1.82, 2.24) is 9.88 Å². The van der Waals surface area contributed by atoms with Crippen molar-refractivity contribution >= 4 is 22.4 Å². The van der Waals surface area contributed by atoms with Crippen molar-refractivity contribution in [2.75, 3.05) is 26.0 Å². The third-order valence-corrected chi connectivity index (χ3v) is 4.13. The summed E-state index contributed by atoms with van der Waals surface area (Å²) in [7, 11) is 5.78. The fourth-order valence-corrected chi connectivity index (χ4v) is 2.79. The van der Waals surface area contributed by atoms with Gasteiger partial charge in [-0.3, -0.25) is 9.78 Å². The molecule has 0 aliphatic carbocycles. The zero-order chi connectivity index (χ0) is 17.1. The molecule has 0 radical (unpaired) electrons. The highest BCUT2D eigenvalue weighted by molar-refractivity contribution is 5.95. The first-order chi connectivity index (χ1) is 11.6. The number of anilines is 1. The van der Waals surface area contributed by atoms with Crippen LogP contribution in [0.4, 0.5) is 5.69 Å². The minimum Gasteiger partial charge on any atom is -0.378 e. The molecule has 0 N–H and O–H groups in total. The lowest BCUT2D eigenvalue weighted by molar-refractivity contribution is 0.0785. The Morgan fingerprint density at radius 2 is 1.83 bits per heavy atom. The van der Waals surface area contributed by atoms with Crippen molar-refractivity contribution < 1.29 is 4.79 Å². The SMILES string of the molecule is CN(Cc1cccc2cnccc12)C(=O)c1cccc(N(C)C)c1. The predicted octanol–water partition coefficient (Wildman–Crippen LogP) is 3.57. The van der Waals surface area contributed by atoms with Gasteiger partial charge >= 0.3 is 0 Å². The van der Waals surface area contributed by atoms with Crippen molar-refractivity contribution in [3.8, 4) is 0 Å². The van der Waals surface area contributed by atoms with Crippen LogP contribution in [0.1, 0.15) is 15.9 Å². The number of amides is 1. The molecule has 0 unspecified atom stereocenters. The number of hydrogen-bond donors (Lipinski definition) is 0. The first kappa shape index (κ1) is 16.0. The molecule has 0 aliphatic heterocycles. The highest BCUT2D eigenvalue weighted by Gasteiger charge is 2.14. The van der Waals surface area contributed by atoms with Gasteiger partial charge in [0.25, 0.3) is 5.91 Å². The molecule has 4 nitrogen and oxygen atoms in total. The van der Waals surface area contributed by atoms with Crippen molar-refractivity contribution in [2.24, 2.45) is 0 Å². The van der Waals surface area contributed by atoms with Gasteiger partial charge in [-0.05, 0) is 35.2 Å². The van der Waals surface area contributed by atoms with E-state index in [-0.39, 0.29) is 5.91 Å². The van der Waals surface area contributed by atoms with Crippen LogP contribution in [0.3, 0.4) is 0 Å². The summed E-state index contributed by atoms with van der Waals surface area (Å²) in [5, 5.41) is 2.22. The van der Waals surface area contributed by atoms with E-state index in [4.69, 9.17) is 0 Å². The molecule has 24 heavy (non-hydrogen) atoms. The average molecular weight is 319 g/mol. The molecule has 0 saturated carbocycles. The number of aromatic nitrogens is 1. The fourth-order valence-electron chi connectivity index (χ4n) is 2.79. The number of pyridine rings is 1. The third-order valence-electron chi connectivity index (χ3n) is 4.13. The number of carbonyl (C=O) groups is 1. The van der Waals surface area contributed by atoms with Gasteiger partial charge in [0.2, 0.25) is 0 Å². The van der Waals surface area contributed by atoms with Gasteiger partial charge in [0, 0.05) is 56.7 Å². The fraction of sp³-hybridized carbons (Fsp3) is 0.200. The van der Waals surface area contributed by atoms with Gasteiger partial charge in [-0.1, -0.05) is 24.3 Å². The van der Waals surface area contributed by atoms with E-state index in [1.54, 1.807) is 11.1 Å². The van der Waals surface area contributed by atoms with Crippen LogP contribution >= 0.6 is 0 Å². The Morgan fingerprint density at radius 1 is 1.04 bits per heavy atom. The van der Waals surface area contributed by atoms with Gasteiger partial charge in [0.05, 0.1) is 0 Å².